The number of anilines is 1. The first kappa shape index (κ1) is 18.4. The van der Waals surface area contributed by atoms with Gasteiger partial charge in [-0.1, -0.05) is 0 Å². The van der Waals surface area contributed by atoms with Crippen LogP contribution in [0, 0.1) is 0 Å². The van der Waals surface area contributed by atoms with Crippen molar-refractivity contribution >= 4 is 44.9 Å². The van der Waals surface area contributed by atoms with E-state index < -0.39 is 17.6 Å². The number of benzene rings is 1. The van der Waals surface area contributed by atoms with Gasteiger partial charge in [0, 0.05) is 23.3 Å². The Balaban J connectivity index is 1.84. The monoisotopic (exact) mass is 441 g/mol. The molecule has 2 heterocycles. The van der Waals surface area contributed by atoms with E-state index in [9.17, 15) is 18.0 Å². The van der Waals surface area contributed by atoms with Crippen molar-refractivity contribution in [2.24, 2.45) is 0 Å². The molecule has 134 valence electrons. The standard InChI is InChI=1S/C17H11BrF3N3OS/c18-15-6-3-12(26-15)4-7-16(25)23-14-5-2-11(24-9-1-8-22-24)10-13(14)17(19,20)21/h1-10H,(H,23,25)/b7-4+. The third kappa shape index (κ3) is 4.41. The van der Waals surface area contributed by atoms with Crippen molar-refractivity contribution in [1.82, 2.24) is 9.78 Å². The lowest BCUT2D eigenvalue weighted by Crippen LogP contribution is -2.15. The Hall–Kier alpha value is -2.39. The van der Waals surface area contributed by atoms with E-state index in [0.29, 0.717) is 0 Å². The Bertz CT molecular complexity index is 949. The number of alkyl halides is 3. The second-order valence-corrected chi connectivity index (χ2v) is 7.64. The summed E-state index contributed by atoms with van der Waals surface area (Å²) in [7, 11) is 0. The molecule has 0 aliphatic heterocycles. The maximum atomic E-state index is 13.4. The number of hydrogen-bond donors (Lipinski definition) is 1. The fourth-order valence-corrected chi connectivity index (χ4v) is 3.52. The summed E-state index contributed by atoms with van der Waals surface area (Å²) in [5, 5.41) is 6.20. The summed E-state index contributed by atoms with van der Waals surface area (Å²) < 4.78 is 42.3. The highest BCUT2D eigenvalue weighted by molar-refractivity contribution is 9.11. The second-order valence-electron chi connectivity index (χ2n) is 5.14. The molecule has 2 aromatic heterocycles. The smallest absolute Gasteiger partial charge is 0.322 e. The minimum Gasteiger partial charge on any atom is -0.322 e. The first-order valence-electron chi connectivity index (χ1n) is 7.28. The number of nitrogens with zero attached hydrogens (tertiary/aromatic N) is 2. The van der Waals surface area contributed by atoms with E-state index in [1.807, 2.05) is 6.07 Å². The summed E-state index contributed by atoms with van der Waals surface area (Å²) >= 11 is 4.70. The predicted octanol–water partition coefficient (Wildman–Crippen LogP) is 5.37. The van der Waals surface area contributed by atoms with Crippen LogP contribution in [0.1, 0.15) is 10.4 Å². The molecule has 3 rings (SSSR count). The lowest BCUT2D eigenvalue weighted by atomic mass is 10.1. The summed E-state index contributed by atoms with van der Waals surface area (Å²) in [6, 6.07) is 8.83. The average Bonchev–Trinajstić information content (AvgIpc) is 3.24. The predicted molar refractivity (Wildman–Crippen MR) is 98.2 cm³/mol. The molecule has 4 nitrogen and oxygen atoms in total. The first-order chi connectivity index (χ1) is 12.3. The zero-order valence-corrected chi connectivity index (χ0v) is 15.4. The average molecular weight is 442 g/mol. The minimum absolute atomic E-state index is 0.249. The molecule has 0 radical (unpaired) electrons. The number of halogens is 4. The van der Waals surface area contributed by atoms with Gasteiger partial charge in [0.2, 0.25) is 5.91 Å². The van der Waals surface area contributed by atoms with Crippen LogP contribution in [0.3, 0.4) is 0 Å². The zero-order chi connectivity index (χ0) is 18.7. The third-order valence-electron chi connectivity index (χ3n) is 3.33. The van der Waals surface area contributed by atoms with Gasteiger partial charge in [0.05, 0.1) is 20.7 Å². The van der Waals surface area contributed by atoms with Gasteiger partial charge in [-0.3, -0.25) is 4.79 Å². The summed E-state index contributed by atoms with van der Waals surface area (Å²) in [4.78, 5) is 12.8. The molecule has 0 spiro atoms. The Kier molecular flexibility index (Phi) is 5.28. The van der Waals surface area contributed by atoms with Crippen LogP contribution >= 0.6 is 27.3 Å². The van der Waals surface area contributed by atoms with E-state index >= 15 is 0 Å². The van der Waals surface area contributed by atoms with Crippen molar-refractivity contribution in [2.45, 2.75) is 6.18 Å². The highest BCUT2D eigenvalue weighted by Gasteiger charge is 2.34. The molecule has 0 unspecified atom stereocenters. The van der Waals surface area contributed by atoms with Gasteiger partial charge >= 0.3 is 6.18 Å². The van der Waals surface area contributed by atoms with Gasteiger partial charge < -0.3 is 5.32 Å². The van der Waals surface area contributed by atoms with Crippen molar-refractivity contribution in [3.8, 4) is 5.69 Å². The number of nitrogens with one attached hydrogen (secondary N) is 1. The molecule has 1 N–H and O–H groups in total. The van der Waals surface area contributed by atoms with Crippen LogP contribution < -0.4 is 5.32 Å². The van der Waals surface area contributed by atoms with Gasteiger partial charge in [-0.05, 0) is 58.4 Å². The van der Waals surface area contributed by atoms with Gasteiger partial charge in [-0.15, -0.1) is 11.3 Å². The number of aromatic nitrogens is 2. The van der Waals surface area contributed by atoms with Gasteiger partial charge in [0.25, 0.3) is 0 Å². The lowest BCUT2D eigenvalue weighted by molar-refractivity contribution is -0.137. The molecule has 1 amide bonds. The van der Waals surface area contributed by atoms with Crippen molar-refractivity contribution in [1.29, 1.82) is 0 Å². The van der Waals surface area contributed by atoms with Gasteiger partial charge in [-0.25, -0.2) is 4.68 Å². The number of amides is 1. The van der Waals surface area contributed by atoms with Crippen LogP contribution in [0.5, 0.6) is 0 Å². The molecule has 0 saturated carbocycles. The molecule has 9 heteroatoms. The third-order valence-corrected chi connectivity index (χ3v) is 4.92. The maximum Gasteiger partial charge on any atom is 0.418 e. The number of carbonyl (C=O) groups is 1. The number of carbonyl (C=O) groups excluding carboxylic acids is 1. The number of rotatable bonds is 4. The van der Waals surface area contributed by atoms with Crippen LogP contribution in [0.2, 0.25) is 0 Å². The van der Waals surface area contributed by atoms with Gasteiger partial charge in [-0.2, -0.15) is 18.3 Å². The Morgan fingerprint density at radius 1 is 1.27 bits per heavy atom. The molecule has 0 aliphatic carbocycles. The maximum absolute atomic E-state index is 13.4. The van der Waals surface area contributed by atoms with Gasteiger partial charge in [0.1, 0.15) is 0 Å². The fraction of sp³-hybridized carbons (Fsp3) is 0.0588. The number of thiophene rings is 1. The fourth-order valence-electron chi connectivity index (χ4n) is 2.19. The molecule has 0 fully saturated rings. The molecule has 0 saturated heterocycles. The van der Waals surface area contributed by atoms with E-state index in [4.69, 9.17) is 0 Å². The topological polar surface area (TPSA) is 46.9 Å². The normalized spacial score (nSPS) is 11.8. The molecular weight excluding hydrogens is 431 g/mol. The summed E-state index contributed by atoms with van der Waals surface area (Å²) in [6.45, 7) is 0. The molecule has 26 heavy (non-hydrogen) atoms. The van der Waals surface area contributed by atoms with Crippen molar-refractivity contribution in [3.05, 3.63) is 69.1 Å². The molecule has 1 aromatic carbocycles. The van der Waals surface area contributed by atoms with Crippen molar-refractivity contribution in [2.75, 3.05) is 5.32 Å². The summed E-state index contributed by atoms with van der Waals surface area (Å²) in [5.41, 5.74) is -0.999. The summed E-state index contributed by atoms with van der Waals surface area (Å²) in [5.74, 6) is -0.646. The molecular formula is C17H11BrF3N3OS. The zero-order valence-electron chi connectivity index (χ0n) is 13.0. The van der Waals surface area contributed by atoms with E-state index in [0.717, 1.165) is 14.7 Å². The van der Waals surface area contributed by atoms with Gasteiger partial charge in [0.15, 0.2) is 0 Å². The van der Waals surface area contributed by atoms with E-state index in [1.54, 1.807) is 12.1 Å². The van der Waals surface area contributed by atoms with E-state index in [2.05, 4.69) is 26.3 Å². The van der Waals surface area contributed by atoms with E-state index in [-0.39, 0.29) is 11.4 Å². The van der Waals surface area contributed by atoms with Crippen molar-refractivity contribution in [3.63, 3.8) is 0 Å². The summed E-state index contributed by atoms with van der Waals surface area (Å²) in [6.07, 6.45) is 1.12. The van der Waals surface area contributed by atoms with E-state index in [1.165, 1.54) is 52.7 Å². The quantitative estimate of drug-likeness (QED) is 0.553. The van der Waals surface area contributed by atoms with Crippen LogP contribution in [0.15, 0.2) is 58.7 Å². The van der Waals surface area contributed by atoms with Crippen LogP contribution in [-0.2, 0) is 11.0 Å². The van der Waals surface area contributed by atoms with Crippen LogP contribution in [0.25, 0.3) is 11.8 Å². The molecule has 0 atom stereocenters. The van der Waals surface area contributed by atoms with Crippen LogP contribution in [-0.4, -0.2) is 15.7 Å². The minimum atomic E-state index is -4.62. The Morgan fingerprint density at radius 3 is 2.69 bits per heavy atom. The highest BCUT2D eigenvalue weighted by atomic mass is 79.9. The SMILES string of the molecule is O=C(/C=C/c1ccc(Br)s1)Nc1ccc(-n2cccn2)cc1C(F)(F)F. The number of hydrogen-bond acceptors (Lipinski definition) is 3. The largest absolute Gasteiger partial charge is 0.418 e. The Morgan fingerprint density at radius 2 is 2.08 bits per heavy atom. The molecule has 0 bridgehead atoms. The molecule has 3 aromatic rings. The van der Waals surface area contributed by atoms with Crippen LogP contribution in [0.4, 0.5) is 18.9 Å². The molecule has 0 aliphatic rings. The Labute approximate surface area is 159 Å². The highest BCUT2D eigenvalue weighted by Crippen LogP contribution is 2.36. The van der Waals surface area contributed by atoms with Crippen molar-refractivity contribution < 1.29 is 18.0 Å². The second kappa shape index (κ2) is 7.46. The first-order valence-corrected chi connectivity index (χ1v) is 8.89. The lowest BCUT2D eigenvalue weighted by Gasteiger charge is -2.14.